The van der Waals surface area contributed by atoms with Crippen LogP contribution in [0.1, 0.15) is 23.0 Å². The molecule has 0 saturated carbocycles. The maximum atomic E-state index is 12.5. The van der Waals surface area contributed by atoms with Crippen LogP contribution in [-0.2, 0) is 6.54 Å². The molecule has 0 bridgehead atoms. The van der Waals surface area contributed by atoms with Gasteiger partial charge in [-0.3, -0.25) is 4.79 Å². The van der Waals surface area contributed by atoms with Gasteiger partial charge in [-0.05, 0) is 36.8 Å². The molecule has 6 heteroatoms. The summed E-state index contributed by atoms with van der Waals surface area (Å²) in [6, 6.07) is 18.8. The molecule has 1 heterocycles. The molecule has 0 saturated heterocycles. The van der Waals surface area contributed by atoms with Crippen molar-refractivity contribution < 1.29 is 4.79 Å². The minimum Gasteiger partial charge on any atom is -0.352 e. The average molecular weight is 367 g/mol. The third-order valence-electron chi connectivity index (χ3n) is 3.91. The number of nitrogens with zero attached hydrogens (tertiary/aromatic N) is 3. The molecule has 1 N–H and O–H groups in total. The van der Waals surface area contributed by atoms with E-state index in [1.807, 2.05) is 18.2 Å². The van der Waals surface area contributed by atoms with Gasteiger partial charge in [-0.25, -0.2) is 9.97 Å². The van der Waals surface area contributed by atoms with Gasteiger partial charge in [-0.1, -0.05) is 41.9 Å². The first-order valence-corrected chi connectivity index (χ1v) is 8.71. The lowest BCUT2D eigenvalue weighted by Crippen LogP contribution is -2.24. The summed E-state index contributed by atoms with van der Waals surface area (Å²) in [5.74, 6) is 0.430. The van der Waals surface area contributed by atoms with Crippen LogP contribution in [0.25, 0.3) is 0 Å². The van der Waals surface area contributed by atoms with Crippen LogP contribution in [0.15, 0.2) is 67.0 Å². The molecule has 132 valence electrons. The molecule has 1 aromatic heterocycles. The minimum absolute atomic E-state index is 0.285. The van der Waals surface area contributed by atoms with Crippen LogP contribution in [0.5, 0.6) is 0 Å². The highest BCUT2D eigenvalue weighted by molar-refractivity contribution is 6.30. The first-order valence-electron chi connectivity index (χ1n) is 8.33. The van der Waals surface area contributed by atoms with Gasteiger partial charge in [-0.15, -0.1) is 0 Å². The Morgan fingerprint density at radius 2 is 1.81 bits per heavy atom. The summed E-state index contributed by atoms with van der Waals surface area (Å²) in [7, 11) is 0. The van der Waals surface area contributed by atoms with Crippen molar-refractivity contribution in [3.05, 3.63) is 83.3 Å². The van der Waals surface area contributed by atoms with E-state index in [1.165, 1.54) is 11.9 Å². The third-order valence-corrected chi connectivity index (χ3v) is 4.16. The summed E-state index contributed by atoms with van der Waals surface area (Å²) in [5, 5.41) is 3.43. The smallest absolute Gasteiger partial charge is 0.274 e. The summed E-state index contributed by atoms with van der Waals surface area (Å²) in [4.78, 5) is 23.0. The number of carbonyl (C=O) groups excluding carboxylic acids is 1. The van der Waals surface area contributed by atoms with Crippen molar-refractivity contribution in [2.75, 3.05) is 16.8 Å². The molecule has 1 amide bonds. The van der Waals surface area contributed by atoms with Crippen LogP contribution in [0.2, 0.25) is 5.02 Å². The van der Waals surface area contributed by atoms with E-state index < -0.39 is 0 Å². The molecule has 5 nitrogen and oxygen atoms in total. The second-order valence-corrected chi connectivity index (χ2v) is 6.16. The van der Waals surface area contributed by atoms with Crippen LogP contribution in [-0.4, -0.2) is 22.4 Å². The van der Waals surface area contributed by atoms with Crippen LogP contribution in [0.4, 0.5) is 11.5 Å². The quantitative estimate of drug-likeness (QED) is 0.702. The number of aromatic nitrogens is 2. The van der Waals surface area contributed by atoms with Crippen molar-refractivity contribution in [3.8, 4) is 0 Å². The second kappa shape index (κ2) is 8.45. The Hall–Kier alpha value is -2.92. The Labute approximate surface area is 157 Å². The monoisotopic (exact) mass is 366 g/mol. The van der Waals surface area contributed by atoms with Gasteiger partial charge >= 0.3 is 0 Å². The van der Waals surface area contributed by atoms with Crippen molar-refractivity contribution in [1.82, 2.24) is 9.97 Å². The minimum atomic E-state index is -0.285. The van der Waals surface area contributed by atoms with Crippen LogP contribution >= 0.6 is 11.6 Å². The lowest BCUT2D eigenvalue weighted by atomic mass is 10.2. The fourth-order valence-electron chi connectivity index (χ4n) is 2.53. The Bertz CT molecular complexity index is 868. The Kier molecular flexibility index (Phi) is 5.81. The first-order chi connectivity index (χ1) is 12.7. The number of nitrogens with one attached hydrogen (secondary N) is 1. The number of amides is 1. The molecular formula is C20H19ClN4O. The zero-order valence-electron chi connectivity index (χ0n) is 14.4. The largest absolute Gasteiger partial charge is 0.352 e. The molecule has 26 heavy (non-hydrogen) atoms. The summed E-state index contributed by atoms with van der Waals surface area (Å²) in [6.45, 7) is 3.54. The molecular weight excluding hydrogens is 348 g/mol. The van der Waals surface area contributed by atoms with Gasteiger partial charge in [0, 0.05) is 29.9 Å². The molecule has 0 radical (unpaired) electrons. The highest BCUT2D eigenvalue weighted by atomic mass is 35.5. The van der Waals surface area contributed by atoms with E-state index in [0.717, 1.165) is 6.54 Å². The molecule has 0 aliphatic heterocycles. The second-order valence-electron chi connectivity index (χ2n) is 5.72. The summed E-state index contributed by atoms with van der Waals surface area (Å²) in [6.07, 6.45) is 1.42. The van der Waals surface area contributed by atoms with Crippen LogP contribution in [0.3, 0.4) is 0 Å². The average Bonchev–Trinajstić information content (AvgIpc) is 2.69. The Balaban J connectivity index is 1.75. The SMILES string of the molecule is CCN(Cc1ccccc1)c1cc(C(=O)Nc2ccc(Cl)cc2)ncn1. The van der Waals surface area contributed by atoms with Gasteiger partial charge in [-0.2, -0.15) is 0 Å². The number of hydrogen-bond acceptors (Lipinski definition) is 4. The number of hydrogen-bond donors (Lipinski definition) is 1. The van der Waals surface area contributed by atoms with E-state index in [-0.39, 0.29) is 5.91 Å². The van der Waals surface area contributed by atoms with E-state index >= 15 is 0 Å². The van der Waals surface area contributed by atoms with Gasteiger partial charge in [0.25, 0.3) is 5.91 Å². The van der Waals surface area contributed by atoms with Gasteiger partial charge in [0.1, 0.15) is 17.8 Å². The number of benzene rings is 2. The number of rotatable bonds is 6. The molecule has 0 unspecified atom stereocenters. The predicted octanol–water partition coefficient (Wildman–Crippen LogP) is 4.41. The van der Waals surface area contributed by atoms with E-state index in [4.69, 9.17) is 11.6 Å². The zero-order chi connectivity index (χ0) is 18.4. The van der Waals surface area contributed by atoms with E-state index in [0.29, 0.717) is 28.8 Å². The van der Waals surface area contributed by atoms with Gasteiger partial charge in [0.05, 0.1) is 0 Å². The van der Waals surface area contributed by atoms with E-state index in [9.17, 15) is 4.79 Å². The van der Waals surface area contributed by atoms with Gasteiger partial charge < -0.3 is 10.2 Å². The standard InChI is InChI=1S/C20H19ClN4O/c1-2-25(13-15-6-4-3-5-7-15)19-12-18(22-14-23-19)20(26)24-17-10-8-16(21)9-11-17/h3-12,14H,2,13H2,1H3,(H,24,26). The molecule has 0 aliphatic carbocycles. The van der Waals surface area contributed by atoms with Crippen LogP contribution in [0, 0.1) is 0 Å². The zero-order valence-corrected chi connectivity index (χ0v) is 15.1. The summed E-state index contributed by atoms with van der Waals surface area (Å²) >= 11 is 5.86. The van der Waals surface area contributed by atoms with Gasteiger partial charge in [0.15, 0.2) is 0 Å². The van der Waals surface area contributed by atoms with Crippen molar-refractivity contribution in [3.63, 3.8) is 0 Å². The maximum absolute atomic E-state index is 12.5. The van der Waals surface area contributed by atoms with Gasteiger partial charge in [0.2, 0.25) is 0 Å². The third kappa shape index (κ3) is 4.58. The number of anilines is 2. The van der Waals surface area contributed by atoms with Crippen molar-refractivity contribution in [1.29, 1.82) is 0 Å². The Morgan fingerprint density at radius 3 is 2.50 bits per heavy atom. The number of halogens is 1. The lowest BCUT2D eigenvalue weighted by molar-refractivity contribution is 0.102. The molecule has 0 aliphatic rings. The molecule has 0 spiro atoms. The van der Waals surface area contributed by atoms with Crippen LogP contribution < -0.4 is 10.2 Å². The molecule has 0 fully saturated rings. The maximum Gasteiger partial charge on any atom is 0.274 e. The summed E-state index contributed by atoms with van der Waals surface area (Å²) in [5.41, 5.74) is 2.16. The van der Waals surface area contributed by atoms with Crippen molar-refractivity contribution >= 4 is 29.0 Å². The number of carbonyl (C=O) groups is 1. The normalized spacial score (nSPS) is 10.4. The summed E-state index contributed by atoms with van der Waals surface area (Å²) < 4.78 is 0. The first kappa shape index (κ1) is 17.9. The Morgan fingerprint density at radius 1 is 1.08 bits per heavy atom. The van der Waals surface area contributed by atoms with E-state index in [2.05, 4.69) is 39.2 Å². The van der Waals surface area contributed by atoms with Crippen molar-refractivity contribution in [2.45, 2.75) is 13.5 Å². The molecule has 2 aromatic carbocycles. The fourth-order valence-corrected chi connectivity index (χ4v) is 2.66. The molecule has 3 rings (SSSR count). The lowest BCUT2D eigenvalue weighted by Gasteiger charge is -2.22. The fraction of sp³-hybridized carbons (Fsp3) is 0.150. The topological polar surface area (TPSA) is 58.1 Å². The predicted molar refractivity (Wildman–Crippen MR) is 105 cm³/mol. The van der Waals surface area contributed by atoms with E-state index in [1.54, 1.807) is 30.3 Å². The van der Waals surface area contributed by atoms with Crippen molar-refractivity contribution in [2.24, 2.45) is 0 Å². The highest BCUT2D eigenvalue weighted by Gasteiger charge is 2.13. The molecule has 3 aromatic rings. The highest BCUT2D eigenvalue weighted by Crippen LogP contribution is 2.17. The molecule has 0 atom stereocenters.